The summed E-state index contributed by atoms with van der Waals surface area (Å²) in [5, 5.41) is 0. The molecule has 98 valence electrons. The van der Waals surface area contributed by atoms with E-state index in [1.807, 2.05) is 44.9 Å². The minimum absolute atomic E-state index is 0. The first kappa shape index (κ1) is 18.3. The standard InChI is InChI=1S/C11H25N3O.HI/c1-6-15-10-8-7-9-12-11(13(2)3)14(4)5;/h6-10H2,1-5H3;1H. The molecule has 0 atom stereocenters. The molecule has 0 amide bonds. The van der Waals surface area contributed by atoms with Crippen molar-refractivity contribution >= 4 is 29.9 Å². The molecule has 0 aliphatic rings. The van der Waals surface area contributed by atoms with E-state index in [0.717, 1.165) is 38.6 Å². The highest BCUT2D eigenvalue weighted by Gasteiger charge is 2.02. The number of hydrogen-bond acceptors (Lipinski definition) is 2. The summed E-state index contributed by atoms with van der Waals surface area (Å²) in [4.78, 5) is 8.59. The fourth-order valence-corrected chi connectivity index (χ4v) is 1.32. The van der Waals surface area contributed by atoms with Gasteiger partial charge in [-0.3, -0.25) is 4.99 Å². The fraction of sp³-hybridized carbons (Fsp3) is 0.909. The van der Waals surface area contributed by atoms with E-state index in [0.29, 0.717) is 0 Å². The van der Waals surface area contributed by atoms with E-state index in [1.54, 1.807) is 0 Å². The Morgan fingerprint density at radius 1 is 1.06 bits per heavy atom. The second-order valence-corrected chi connectivity index (χ2v) is 3.87. The van der Waals surface area contributed by atoms with Crippen LogP contribution in [0.15, 0.2) is 4.99 Å². The van der Waals surface area contributed by atoms with Gasteiger partial charge in [-0.2, -0.15) is 0 Å². The maximum atomic E-state index is 5.27. The maximum Gasteiger partial charge on any atom is 0.195 e. The van der Waals surface area contributed by atoms with Gasteiger partial charge in [0.1, 0.15) is 0 Å². The van der Waals surface area contributed by atoms with E-state index in [9.17, 15) is 0 Å². The van der Waals surface area contributed by atoms with Crippen LogP contribution in [-0.4, -0.2) is 63.7 Å². The van der Waals surface area contributed by atoms with Crippen LogP contribution in [0.25, 0.3) is 0 Å². The summed E-state index contributed by atoms with van der Waals surface area (Å²) in [7, 11) is 8.05. The Labute approximate surface area is 117 Å². The van der Waals surface area contributed by atoms with Gasteiger partial charge in [-0.1, -0.05) is 0 Å². The molecule has 0 bridgehead atoms. The van der Waals surface area contributed by atoms with Gasteiger partial charge < -0.3 is 14.5 Å². The second kappa shape index (κ2) is 11.4. The van der Waals surface area contributed by atoms with Gasteiger partial charge in [0.05, 0.1) is 0 Å². The molecule has 0 aromatic heterocycles. The molecule has 0 fully saturated rings. The van der Waals surface area contributed by atoms with Crippen LogP contribution < -0.4 is 0 Å². The summed E-state index contributed by atoms with van der Waals surface area (Å²) < 4.78 is 5.27. The first-order chi connectivity index (χ1) is 7.09. The predicted molar refractivity (Wildman–Crippen MR) is 80.8 cm³/mol. The number of rotatable bonds is 6. The third-order valence-electron chi connectivity index (χ3n) is 1.95. The fourth-order valence-electron chi connectivity index (χ4n) is 1.32. The van der Waals surface area contributed by atoms with Crippen LogP contribution in [0.5, 0.6) is 0 Å². The van der Waals surface area contributed by atoms with Gasteiger partial charge in [0, 0.05) is 47.9 Å². The van der Waals surface area contributed by atoms with Crippen LogP contribution >= 0.6 is 24.0 Å². The predicted octanol–water partition coefficient (Wildman–Crippen LogP) is 1.90. The molecule has 0 aromatic carbocycles. The summed E-state index contributed by atoms with van der Waals surface area (Å²) in [5.41, 5.74) is 0. The van der Waals surface area contributed by atoms with Gasteiger partial charge in [-0.25, -0.2) is 0 Å². The summed E-state index contributed by atoms with van der Waals surface area (Å²) in [5.74, 6) is 1.02. The molecule has 0 unspecified atom stereocenters. The molecule has 0 radical (unpaired) electrons. The molecular formula is C11H26IN3O. The lowest BCUT2D eigenvalue weighted by atomic mass is 10.3. The molecule has 0 saturated carbocycles. The molecule has 0 saturated heterocycles. The first-order valence-electron chi connectivity index (χ1n) is 5.56. The average molecular weight is 343 g/mol. The van der Waals surface area contributed by atoms with Crippen LogP contribution in [0.1, 0.15) is 19.8 Å². The lowest BCUT2D eigenvalue weighted by Crippen LogP contribution is -2.35. The minimum atomic E-state index is 0. The Bertz CT molecular complexity index is 174. The lowest BCUT2D eigenvalue weighted by molar-refractivity contribution is 0.144. The molecule has 0 aliphatic heterocycles. The monoisotopic (exact) mass is 343 g/mol. The van der Waals surface area contributed by atoms with Gasteiger partial charge in [0.15, 0.2) is 5.96 Å². The number of nitrogens with zero attached hydrogens (tertiary/aromatic N) is 3. The Morgan fingerprint density at radius 2 is 1.62 bits per heavy atom. The molecule has 0 aromatic rings. The van der Waals surface area contributed by atoms with E-state index >= 15 is 0 Å². The molecule has 4 nitrogen and oxygen atoms in total. The van der Waals surface area contributed by atoms with Gasteiger partial charge in [-0.05, 0) is 19.8 Å². The van der Waals surface area contributed by atoms with Crippen LogP contribution in [0.3, 0.4) is 0 Å². The molecule has 0 aliphatic carbocycles. The van der Waals surface area contributed by atoms with Crippen molar-refractivity contribution in [3.8, 4) is 0 Å². The van der Waals surface area contributed by atoms with Crippen molar-refractivity contribution in [2.45, 2.75) is 19.8 Å². The van der Waals surface area contributed by atoms with Crippen molar-refractivity contribution < 1.29 is 4.74 Å². The smallest absolute Gasteiger partial charge is 0.195 e. The van der Waals surface area contributed by atoms with Gasteiger partial charge in [0.25, 0.3) is 0 Å². The Morgan fingerprint density at radius 3 is 2.06 bits per heavy atom. The van der Waals surface area contributed by atoms with Crippen LogP contribution in [0.2, 0.25) is 0 Å². The van der Waals surface area contributed by atoms with Gasteiger partial charge in [0.2, 0.25) is 0 Å². The van der Waals surface area contributed by atoms with E-state index in [2.05, 4.69) is 4.99 Å². The molecule has 0 N–H and O–H groups in total. The number of unbranched alkanes of at least 4 members (excludes halogenated alkanes) is 1. The van der Waals surface area contributed by atoms with Crippen LogP contribution in [-0.2, 0) is 4.74 Å². The van der Waals surface area contributed by atoms with E-state index < -0.39 is 0 Å². The zero-order valence-corrected chi connectivity index (χ0v) is 13.5. The topological polar surface area (TPSA) is 28.1 Å². The van der Waals surface area contributed by atoms with Gasteiger partial charge in [-0.15, -0.1) is 24.0 Å². The SMILES string of the molecule is CCOCCCCN=C(N(C)C)N(C)C.I. The normalized spacial score (nSPS) is 9.31. The molecule has 16 heavy (non-hydrogen) atoms. The summed E-state index contributed by atoms with van der Waals surface area (Å²) in [6, 6.07) is 0. The lowest BCUT2D eigenvalue weighted by Gasteiger charge is -2.22. The molecule has 0 heterocycles. The van der Waals surface area contributed by atoms with Crippen molar-refractivity contribution in [1.82, 2.24) is 9.80 Å². The van der Waals surface area contributed by atoms with Crippen LogP contribution in [0.4, 0.5) is 0 Å². The Kier molecular flexibility index (Phi) is 13.1. The number of aliphatic imine (C=N–C) groups is 1. The molecular weight excluding hydrogens is 317 g/mol. The largest absolute Gasteiger partial charge is 0.382 e. The summed E-state index contributed by atoms with van der Waals surface area (Å²) >= 11 is 0. The third-order valence-corrected chi connectivity index (χ3v) is 1.95. The van der Waals surface area contributed by atoms with E-state index in [-0.39, 0.29) is 24.0 Å². The van der Waals surface area contributed by atoms with E-state index in [4.69, 9.17) is 4.74 Å². The number of guanidine groups is 1. The molecule has 0 spiro atoms. The van der Waals surface area contributed by atoms with Gasteiger partial charge >= 0.3 is 0 Å². The minimum Gasteiger partial charge on any atom is -0.382 e. The highest BCUT2D eigenvalue weighted by Crippen LogP contribution is 1.94. The third kappa shape index (κ3) is 9.21. The quantitative estimate of drug-likeness (QED) is 0.319. The number of hydrogen-bond donors (Lipinski definition) is 0. The average Bonchev–Trinajstić information content (AvgIpc) is 2.15. The van der Waals surface area contributed by atoms with Crippen molar-refractivity contribution in [2.75, 3.05) is 47.9 Å². The Balaban J connectivity index is 0. The van der Waals surface area contributed by atoms with Crippen molar-refractivity contribution in [2.24, 2.45) is 4.99 Å². The van der Waals surface area contributed by atoms with Crippen molar-refractivity contribution in [3.63, 3.8) is 0 Å². The molecule has 0 rings (SSSR count). The summed E-state index contributed by atoms with van der Waals surface area (Å²) in [6.07, 6.45) is 2.18. The maximum absolute atomic E-state index is 5.27. The zero-order valence-electron chi connectivity index (χ0n) is 11.2. The second-order valence-electron chi connectivity index (χ2n) is 3.87. The van der Waals surface area contributed by atoms with Crippen molar-refractivity contribution in [1.29, 1.82) is 0 Å². The van der Waals surface area contributed by atoms with Crippen molar-refractivity contribution in [3.05, 3.63) is 0 Å². The number of halogens is 1. The first-order valence-corrected chi connectivity index (χ1v) is 5.56. The highest BCUT2D eigenvalue weighted by atomic mass is 127. The van der Waals surface area contributed by atoms with Crippen LogP contribution in [0, 0.1) is 0 Å². The highest BCUT2D eigenvalue weighted by molar-refractivity contribution is 14.0. The summed E-state index contributed by atoms with van der Waals surface area (Å²) in [6.45, 7) is 4.56. The van der Waals surface area contributed by atoms with E-state index in [1.165, 1.54) is 0 Å². The number of ether oxygens (including phenoxy) is 1. The zero-order chi connectivity index (χ0) is 11.7. The molecule has 5 heteroatoms. The Hall–Kier alpha value is -0.0400.